The van der Waals surface area contributed by atoms with E-state index < -0.39 is 0 Å². The molecule has 0 unspecified atom stereocenters. The fourth-order valence-electron chi connectivity index (χ4n) is 2.25. The molecule has 2 aromatic carbocycles. The van der Waals surface area contributed by atoms with Crippen molar-refractivity contribution in [3.63, 3.8) is 0 Å². The van der Waals surface area contributed by atoms with Crippen LogP contribution in [0.5, 0.6) is 0 Å². The molecule has 0 bridgehead atoms. The molecule has 0 saturated carbocycles. The second kappa shape index (κ2) is 7.53. The van der Waals surface area contributed by atoms with Gasteiger partial charge in [-0.05, 0) is 43.7 Å². The van der Waals surface area contributed by atoms with Gasteiger partial charge in [-0.25, -0.2) is 13.5 Å². The van der Waals surface area contributed by atoms with E-state index in [9.17, 15) is 8.78 Å². The molecule has 0 saturated heterocycles. The first kappa shape index (κ1) is 17.2. The first-order valence-corrected chi connectivity index (χ1v) is 8.72. The highest BCUT2D eigenvalue weighted by molar-refractivity contribution is 7.07. The van der Waals surface area contributed by atoms with E-state index in [2.05, 4.69) is 10.1 Å². The maximum atomic E-state index is 14.2. The molecule has 1 aromatic heterocycles. The molecular formula is C19H17F2N3S. The van der Waals surface area contributed by atoms with Crippen molar-refractivity contribution in [2.24, 2.45) is 10.1 Å². The van der Waals surface area contributed by atoms with Crippen molar-refractivity contribution in [2.75, 3.05) is 0 Å². The predicted octanol–water partition coefficient (Wildman–Crippen LogP) is 4.69. The summed E-state index contributed by atoms with van der Waals surface area (Å²) < 4.78 is 28.9. The van der Waals surface area contributed by atoms with Crippen LogP contribution in [0, 0.1) is 11.6 Å². The van der Waals surface area contributed by atoms with Crippen molar-refractivity contribution in [3.8, 4) is 11.3 Å². The van der Waals surface area contributed by atoms with Crippen molar-refractivity contribution in [3.05, 3.63) is 75.9 Å². The number of nitrogens with zero attached hydrogens (tertiary/aromatic N) is 3. The quantitative estimate of drug-likeness (QED) is 0.607. The Morgan fingerprint density at radius 2 is 1.76 bits per heavy atom. The van der Waals surface area contributed by atoms with Crippen molar-refractivity contribution >= 4 is 17.6 Å². The molecule has 0 aliphatic carbocycles. The summed E-state index contributed by atoms with van der Waals surface area (Å²) in [6.07, 6.45) is 1.61. The fourth-order valence-corrected chi connectivity index (χ4v) is 3.21. The molecule has 0 spiro atoms. The van der Waals surface area contributed by atoms with Crippen LogP contribution in [-0.2, 0) is 0 Å². The first-order valence-electron chi connectivity index (χ1n) is 7.84. The van der Waals surface area contributed by atoms with Crippen LogP contribution >= 0.6 is 11.3 Å². The number of halogens is 2. The Morgan fingerprint density at radius 3 is 2.44 bits per heavy atom. The summed E-state index contributed by atoms with van der Waals surface area (Å²) in [5, 5.41) is 6.29. The zero-order valence-electron chi connectivity index (χ0n) is 13.9. The molecule has 0 aliphatic heterocycles. The Bertz CT molecular complexity index is 953. The van der Waals surface area contributed by atoms with Crippen molar-refractivity contribution in [1.82, 2.24) is 4.68 Å². The summed E-state index contributed by atoms with van der Waals surface area (Å²) in [5.41, 5.74) is 1.83. The second-order valence-corrected chi connectivity index (χ2v) is 6.55. The second-order valence-electron chi connectivity index (χ2n) is 5.71. The lowest BCUT2D eigenvalue weighted by Gasteiger charge is -2.05. The monoisotopic (exact) mass is 357 g/mol. The van der Waals surface area contributed by atoms with E-state index in [1.165, 1.54) is 29.5 Å². The van der Waals surface area contributed by atoms with E-state index in [1.807, 2.05) is 19.2 Å². The van der Waals surface area contributed by atoms with Gasteiger partial charge in [0.2, 0.25) is 4.80 Å². The molecule has 0 radical (unpaired) electrons. The summed E-state index contributed by atoms with van der Waals surface area (Å²) >= 11 is 1.40. The Kier molecular flexibility index (Phi) is 5.19. The van der Waals surface area contributed by atoms with Crippen LogP contribution in [-0.4, -0.2) is 16.9 Å². The molecule has 0 amide bonds. The molecule has 0 aliphatic rings. The average molecular weight is 357 g/mol. The number of rotatable bonds is 4. The molecular weight excluding hydrogens is 340 g/mol. The number of benzene rings is 2. The molecule has 6 heteroatoms. The lowest BCUT2D eigenvalue weighted by molar-refractivity contribution is 0.627. The number of thiazole rings is 1. The topological polar surface area (TPSA) is 29.6 Å². The smallest absolute Gasteiger partial charge is 0.206 e. The number of hydrogen-bond donors (Lipinski definition) is 0. The summed E-state index contributed by atoms with van der Waals surface area (Å²) in [6.45, 7) is 3.94. The van der Waals surface area contributed by atoms with Crippen molar-refractivity contribution in [2.45, 2.75) is 19.9 Å². The van der Waals surface area contributed by atoms with E-state index in [0.717, 1.165) is 5.56 Å². The maximum Gasteiger partial charge on any atom is 0.206 e. The minimum Gasteiger partial charge on any atom is -0.255 e. The molecule has 3 rings (SSSR count). The maximum absolute atomic E-state index is 14.2. The largest absolute Gasteiger partial charge is 0.255 e. The van der Waals surface area contributed by atoms with E-state index in [1.54, 1.807) is 41.2 Å². The molecule has 0 fully saturated rings. The van der Waals surface area contributed by atoms with Crippen LogP contribution in [0.3, 0.4) is 0 Å². The van der Waals surface area contributed by atoms with Gasteiger partial charge in [-0.2, -0.15) is 5.10 Å². The minimum atomic E-state index is -0.317. The average Bonchev–Trinajstić information content (AvgIpc) is 2.96. The standard InChI is InChI=1S/C19H17F2N3S/c1-13(2)23-19-24(22-11-14-7-9-15(20)10-8-14)18(12-25-19)16-5-3-4-6-17(16)21/h3-13H,1-2H3. The molecule has 25 heavy (non-hydrogen) atoms. The van der Waals surface area contributed by atoms with E-state index in [-0.39, 0.29) is 17.7 Å². The van der Waals surface area contributed by atoms with Gasteiger partial charge in [-0.3, -0.25) is 4.99 Å². The van der Waals surface area contributed by atoms with Gasteiger partial charge in [-0.1, -0.05) is 24.3 Å². The molecule has 0 N–H and O–H groups in total. The van der Waals surface area contributed by atoms with Gasteiger partial charge in [0, 0.05) is 17.0 Å². The van der Waals surface area contributed by atoms with E-state index in [4.69, 9.17) is 0 Å². The zero-order valence-corrected chi connectivity index (χ0v) is 14.7. The molecule has 1 heterocycles. The normalized spacial score (nSPS) is 12.4. The Hall–Kier alpha value is -2.60. The van der Waals surface area contributed by atoms with Crippen molar-refractivity contribution in [1.29, 1.82) is 0 Å². The summed E-state index contributed by atoms with van der Waals surface area (Å²) in [6, 6.07) is 12.6. The van der Waals surface area contributed by atoms with E-state index >= 15 is 0 Å². The highest BCUT2D eigenvalue weighted by atomic mass is 32.1. The van der Waals surface area contributed by atoms with Gasteiger partial charge in [0.05, 0.1) is 11.9 Å². The predicted molar refractivity (Wildman–Crippen MR) is 97.8 cm³/mol. The number of aromatic nitrogens is 1. The SMILES string of the molecule is CC(C)N=c1scc(-c2ccccc2F)n1N=Cc1ccc(F)cc1. The van der Waals surface area contributed by atoms with Gasteiger partial charge in [-0.15, -0.1) is 11.3 Å². The molecule has 3 aromatic rings. The van der Waals surface area contributed by atoms with Gasteiger partial charge in [0.25, 0.3) is 0 Å². The molecule has 128 valence electrons. The highest BCUT2D eigenvalue weighted by Crippen LogP contribution is 2.23. The fraction of sp³-hybridized carbons (Fsp3) is 0.158. The molecule has 0 atom stereocenters. The lowest BCUT2D eigenvalue weighted by atomic mass is 10.1. The highest BCUT2D eigenvalue weighted by Gasteiger charge is 2.11. The van der Waals surface area contributed by atoms with Gasteiger partial charge >= 0.3 is 0 Å². The van der Waals surface area contributed by atoms with Gasteiger partial charge in [0.15, 0.2) is 0 Å². The Morgan fingerprint density at radius 1 is 1.04 bits per heavy atom. The van der Waals surface area contributed by atoms with Crippen LogP contribution < -0.4 is 4.80 Å². The third-order valence-electron chi connectivity index (χ3n) is 3.40. The summed E-state index contributed by atoms with van der Waals surface area (Å²) in [4.78, 5) is 5.22. The lowest BCUT2D eigenvalue weighted by Crippen LogP contribution is -2.14. The first-order chi connectivity index (χ1) is 12.0. The third-order valence-corrected chi connectivity index (χ3v) is 4.23. The number of hydrogen-bond acceptors (Lipinski definition) is 3. The summed E-state index contributed by atoms with van der Waals surface area (Å²) in [5.74, 6) is -0.620. The Balaban J connectivity index is 2.11. The summed E-state index contributed by atoms with van der Waals surface area (Å²) in [7, 11) is 0. The molecule has 3 nitrogen and oxygen atoms in total. The zero-order chi connectivity index (χ0) is 17.8. The van der Waals surface area contributed by atoms with Crippen LogP contribution in [0.2, 0.25) is 0 Å². The third kappa shape index (κ3) is 4.09. The van der Waals surface area contributed by atoms with Crippen LogP contribution in [0.15, 0.2) is 64.0 Å². The Labute approximate surface area is 148 Å². The van der Waals surface area contributed by atoms with Crippen molar-refractivity contribution < 1.29 is 8.78 Å². The van der Waals surface area contributed by atoms with Crippen LogP contribution in [0.1, 0.15) is 19.4 Å². The minimum absolute atomic E-state index is 0.0828. The van der Waals surface area contributed by atoms with Gasteiger partial charge < -0.3 is 0 Å². The van der Waals surface area contributed by atoms with Gasteiger partial charge in [0.1, 0.15) is 11.6 Å². The van der Waals surface area contributed by atoms with Crippen LogP contribution in [0.25, 0.3) is 11.3 Å². The van der Waals surface area contributed by atoms with E-state index in [0.29, 0.717) is 16.1 Å². The van der Waals surface area contributed by atoms with Crippen LogP contribution in [0.4, 0.5) is 8.78 Å².